The molecule has 0 bridgehead atoms. The molecule has 0 saturated heterocycles. The number of ether oxygens (including phenoxy) is 1. The van der Waals surface area contributed by atoms with Crippen LogP contribution in [-0.4, -0.2) is 23.7 Å². The number of esters is 1. The molecule has 0 amide bonds. The Morgan fingerprint density at radius 2 is 1.00 bits per heavy atom. The fourth-order valence-electron chi connectivity index (χ4n) is 4.27. The summed E-state index contributed by atoms with van der Waals surface area (Å²) in [6.45, 7) is 5.06. The summed E-state index contributed by atoms with van der Waals surface area (Å²) in [7, 11) is 0. The van der Waals surface area contributed by atoms with E-state index in [4.69, 9.17) is 9.84 Å². The minimum atomic E-state index is -0.690. The van der Waals surface area contributed by atoms with E-state index in [-0.39, 0.29) is 11.9 Å². The van der Waals surface area contributed by atoms with E-state index in [1.165, 1.54) is 77.0 Å². The Kier molecular flexibility index (Phi) is 23.8. The van der Waals surface area contributed by atoms with Crippen molar-refractivity contribution in [3.63, 3.8) is 0 Å². The Morgan fingerprint density at radius 3 is 1.47 bits per heavy atom. The number of hydrogen-bond donors (Lipinski definition) is 1. The van der Waals surface area contributed by atoms with Gasteiger partial charge in [0.1, 0.15) is 0 Å². The number of rotatable bonds is 25. The Morgan fingerprint density at radius 1 is 0.594 bits per heavy atom. The molecular formula is C28H54O4. The number of carboxylic acid groups (broad SMARTS) is 1. The zero-order valence-corrected chi connectivity index (χ0v) is 21.5. The second-order valence-electron chi connectivity index (χ2n) is 9.60. The van der Waals surface area contributed by atoms with Crippen LogP contribution in [0.3, 0.4) is 0 Å². The molecule has 0 heterocycles. The summed E-state index contributed by atoms with van der Waals surface area (Å²) in [4.78, 5) is 23.2. The predicted octanol–water partition coefficient (Wildman–Crippen LogP) is 8.85. The molecule has 0 radical (unpaired) electrons. The van der Waals surface area contributed by atoms with Crippen molar-refractivity contribution in [2.75, 3.05) is 6.61 Å². The van der Waals surface area contributed by atoms with Gasteiger partial charge in [0.15, 0.2) is 0 Å². The first kappa shape index (κ1) is 30.9. The zero-order valence-electron chi connectivity index (χ0n) is 21.5. The summed E-state index contributed by atoms with van der Waals surface area (Å²) >= 11 is 0. The molecule has 0 aromatic carbocycles. The second kappa shape index (κ2) is 24.6. The van der Waals surface area contributed by atoms with Gasteiger partial charge in [-0.2, -0.15) is 0 Å². The van der Waals surface area contributed by atoms with Crippen molar-refractivity contribution in [1.82, 2.24) is 0 Å². The second-order valence-corrected chi connectivity index (χ2v) is 9.60. The molecule has 0 aromatic heterocycles. The number of hydrogen-bond acceptors (Lipinski definition) is 3. The smallest absolute Gasteiger partial charge is 0.308 e. The molecule has 0 aromatic rings. The third kappa shape index (κ3) is 22.1. The summed E-state index contributed by atoms with van der Waals surface area (Å²) in [5.74, 6) is -0.567. The SMILES string of the molecule is CCCCCCCCOC(=O)C(CCCCCCCC)CCCCCCCCCC(=O)O. The Bertz CT molecular complexity index is 422. The highest BCUT2D eigenvalue weighted by Gasteiger charge is 2.19. The average molecular weight is 455 g/mol. The molecule has 0 aliphatic rings. The molecular weight excluding hydrogens is 400 g/mol. The van der Waals surface area contributed by atoms with E-state index in [2.05, 4.69) is 13.8 Å². The van der Waals surface area contributed by atoms with Crippen molar-refractivity contribution in [2.45, 2.75) is 155 Å². The first-order valence-corrected chi connectivity index (χ1v) is 14.0. The third-order valence-corrected chi connectivity index (χ3v) is 6.42. The summed E-state index contributed by atoms with van der Waals surface area (Å²) in [6.07, 6.45) is 24.6. The van der Waals surface area contributed by atoms with Crippen LogP contribution in [0.4, 0.5) is 0 Å². The number of carboxylic acids is 1. The highest BCUT2D eigenvalue weighted by Crippen LogP contribution is 2.21. The summed E-state index contributed by atoms with van der Waals surface area (Å²) in [5.41, 5.74) is 0. The van der Waals surface area contributed by atoms with Gasteiger partial charge in [-0.3, -0.25) is 9.59 Å². The first-order chi connectivity index (χ1) is 15.6. The maximum atomic E-state index is 12.7. The molecule has 1 N–H and O–H groups in total. The van der Waals surface area contributed by atoms with Crippen molar-refractivity contribution < 1.29 is 19.4 Å². The lowest BCUT2D eigenvalue weighted by Crippen LogP contribution is -2.18. The van der Waals surface area contributed by atoms with E-state index < -0.39 is 5.97 Å². The molecule has 190 valence electrons. The van der Waals surface area contributed by atoms with Crippen LogP contribution in [0, 0.1) is 5.92 Å². The lowest BCUT2D eigenvalue weighted by Gasteiger charge is -2.16. The van der Waals surface area contributed by atoms with Crippen LogP contribution < -0.4 is 0 Å². The summed E-state index contributed by atoms with van der Waals surface area (Å²) in [5, 5.41) is 8.67. The highest BCUT2D eigenvalue weighted by atomic mass is 16.5. The topological polar surface area (TPSA) is 63.6 Å². The molecule has 0 rings (SSSR count). The molecule has 4 nitrogen and oxygen atoms in total. The van der Waals surface area contributed by atoms with Crippen molar-refractivity contribution in [2.24, 2.45) is 5.92 Å². The van der Waals surface area contributed by atoms with Gasteiger partial charge in [-0.05, 0) is 25.7 Å². The van der Waals surface area contributed by atoms with Crippen molar-refractivity contribution in [3.8, 4) is 0 Å². The minimum absolute atomic E-state index is 0.0424. The largest absolute Gasteiger partial charge is 0.481 e. The van der Waals surface area contributed by atoms with Crippen LogP contribution in [0.5, 0.6) is 0 Å². The molecule has 0 saturated carbocycles. The highest BCUT2D eigenvalue weighted by molar-refractivity contribution is 5.72. The van der Waals surface area contributed by atoms with E-state index in [0.717, 1.165) is 57.8 Å². The maximum Gasteiger partial charge on any atom is 0.308 e. The van der Waals surface area contributed by atoms with E-state index in [9.17, 15) is 9.59 Å². The van der Waals surface area contributed by atoms with Crippen LogP contribution >= 0.6 is 0 Å². The van der Waals surface area contributed by atoms with Crippen LogP contribution in [0.2, 0.25) is 0 Å². The van der Waals surface area contributed by atoms with Crippen LogP contribution in [0.1, 0.15) is 155 Å². The van der Waals surface area contributed by atoms with Gasteiger partial charge in [-0.15, -0.1) is 0 Å². The minimum Gasteiger partial charge on any atom is -0.481 e. The molecule has 0 aliphatic carbocycles. The van der Waals surface area contributed by atoms with Gasteiger partial charge in [0.25, 0.3) is 0 Å². The van der Waals surface area contributed by atoms with Crippen LogP contribution in [0.25, 0.3) is 0 Å². The monoisotopic (exact) mass is 454 g/mol. The van der Waals surface area contributed by atoms with Gasteiger partial charge in [0.05, 0.1) is 12.5 Å². The number of aliphatic carboxylic acids is 1. The Labute approximate surface area is 199 Å². The first-order valence-electron chi connectivity index (χ1n) is 14.0. The van der Waals surface area contributed by atoms with Gasteiger partial charge in [-0.1, -0.05) is 123 Å². The normalized spacial score (nSPS) is 12.1. The predicted molar refractivity (Wildman–Crippen MR) is 135 cm³/mol. The molecule has 4 heteroatoms. The van der Waals surface area contributed by atoms with Crippen LogP contribution in [-0.2, 0) is 14.3 Å². The summed E-state index contributed by atoms with van der Waals surface area (Å²) < 4.78 is 5.66. The van der Waals surface area contributed by atoms with E-state index in [0.29, 0.717) is 13.0 Å². The molecule has 0 aliphatic heterocycles. The number of unbranched alkanes of at least 4 members (excludes halogenated alkanes) is 16. The molecule has 0 fully saturated rings. The fraction of sp³-hybridized carbons (Fsp3) is 0.929. The number of carbonyl (C=O) groups is 2. The van der Waals surface area contributed by atoms with Gasteiger partial charge in [-0.25, -0.2) is 0 Å². The lowest BCUT2D eigenvalue weighted by molar-refractivity contribution is -0.149. The molecule has 0 spiro atoms. The average Bonchev–Trinajstić information content (AvgIpc) is 2.77. The van der Waals surface area contributed by atoms with Gasteiger partial charge in [0.2, 0.25) is 0 Å². The van der Waals surface area contributed by atoms with Gasteiger partial charge >= 0.3 is 11.9 Å². The van der Waals surface area contributed by atoms with Crippen LogP contribution in [0.15, 0.2) is 0 Å². The third-order valence-electron chi connectivity index (χ3n) is 6.42. The van der Waals surface area contributed by atoms with Crippen molar-refractivity contribution >= 4 is 11.9 Å². The fourth-order valence-corrected chi connectivity index (χ4v) is 4.27. The van der Waals surface area contributed by atoms with E-state index >= 15 is 0 Å². The quantitative estimate of drug-likeness (QED) is 0.110. The summed E-state index contributed by atoms with van der Waals surface area (Å²) in [6, 6.07) is 0. The zero-order chi connectivity index (χ0) is 23.7. The molecule has 32 heavy (non-hydrogen) atoms. The Hall–Kier alpha value is -1.06. The van der Waals surface area contributed by atoms with Crippen molar-refractivity contribution in [1.29, 1.82) is 0 Å². The lowest BCUT2D eigenvalue weighted by atomic mass is 9.94. The maximum absolute atomic E-state index is 12.7. The Balaban J connectivity index is 4.03. The van der Waals surface area contributed by atoms with E-state index in [1.807, 2.05) is 0 Å². The van der Waals surface area contributed by atoms with Gasteiger partial charge < -0.3 is 9.84 Å². The van der Waals surface area contributed by atoms with E-state index in [1.54, 1.807) is 0 Å². The molecule has 1 atom stereocenters. The van der Waals surface area contributed by atoms with Crippen molar-refractivity contribution in [3.05, 3.63) is 0 Å². The number of carbonyl (C=O) groups excluding carboxylic acids is 1. The van der Waals surface area contributed by atoms with Gasteiger partial charge in [0, 0.05) is 6.42 Å². The molecule has 1 unspecified atom stereocenters. The standard InChI is InChI=1S/C28H54O4/c1-3-5-7-9-14-18-22-26(28(31)32-25-21-17-10-8-6-4-2)23-19-15-12-11-13-16-20-24-27(29)30/h26H,3-25H2,1-2H3,(H,29,30).